The van der Waals surface area contributed by atoms with Crippen LogP contribution < -0.4 is 105 Å². The Bertz CT molecular complexity index is 2600. The fourth-order valence-electron chi connectivity index (χ4n) is 9.73. The van der Waals surface area contributed by atoms with Crippen LogP contribution in [0.25, 0.3) is 0 Å². The molecule has 1 aliphatic rings. The lowest BCUT2D eigenvalue weighted by Gasteiger charge is -2.33. The zero-order valence-corrected chi connectivity index (χ0v) is 55.9. The number of aliphatic imine (C=N–C) groups is 4. The Hall–Kier alpha value is -8.79. The molecule has 35 heteroatoms. The lowest BCUT2D eigenvalue weighted by molar-refractivity contribution is -0.144. The third kappa shape index (κ3) is 30.9. The number of hydrogen-bond acceptors (Lipinski definition) is 16. The molecule has 528 valence electrons. The molecule has 0 aromatic rings. The molecule has 0 aromatic heterocycles. The van der Waals surface area contributed by atoms with E-state index in [0.717, 1.165) is 0 Å². The van der Waals surface area contributed by atoms with Gasteiger partial charge in [0.25, 0.3) is 0 Å². The second-order valence-electron chi connectivity index (χ2n) is 24.3. The molecule has 0 aromatic carbocycles. The number of likely N-dealkylation sites (tertiary alicyclic amines) is 1. The average Bonchev–Trinajstić information content (AvgIpc) is 1.93. The zero-order valence-electron chi connectivity index (χ0n) is 55.9. The summed E-state index contributed by atoms with van der Waals surface area (Å²) >= 11 is 0. The smallest absolute Gasteiger partial charge is 0.246 e. The highest BCUT2D eigenvalue weighted by Crippen LogP contribution is 2.23. The highest BCUT2D eigenvalue weighted by molar-refractivity contribution is 5.99. The van der Waals surface area contributed by atoms with Gasteiger partial charge in [-0.3, -0.25) is 72.7 Å². The van der Waals surface area contributed by atoms with Gasteiger partial charge in [0.15, 0.2) is 23.8 Å². The summed E-state index contributed by atoms with van der Waals surface area (Å²) in [6.07, 6.45) is 2.75. The van der Waals surface area contributed by atoms with Crippen LogP contribution in [0.5, 0.6) is 0 Å². The quantitative estimate of drug-likeness (QED) is 0.0154. The molecule has 0 bridgehead atoms. The lowest BCUT2D eigenvalue weighted by Crippen LogP contribution is -2.62. The summed E-state index contributed by atoms with van der Waals surface area (Å²) in [5, 5.41) is 24.1. The Kier molecular flexibility index (Phi) is 37.5. The topological polar surface area (TPSA) is 609 Å². The predicted octanol–water partition coefficient (Wildman–Crippen LogP) is -5.80. The first-order chi connectivity index (χ1) is 43.6. The van der Waals surface area contributed by atoms with Gasteiger partial charge in [0.2, 0.25) is 65.0 Å². The number of nitrogens with zero attached hydrogens (tertiary/aromatic N) is 5. The normalized spacial score (nSPS) is 16.6. The SMILES string of the molecule is CC[C@H](C)[C@H](NC(=O)[C@@H]1CCCN1C(=O)[C@@H](NC(=O)[C@H](CCCN=C(N)N)NC(=O)[C@H](C)NC(=O)[C@H](CC(C)C)NC(=O)[C@@H](N)CCCN=C(N)N)[C@@H](C)CC)C(=O)N[C@@H](CCCN=C(N)N)C(=O)N[C@H](C(=O)N[C@@H](C)C(=O)N[C@@H](CCCN=C(N)N)C(N)=O)C(C)C. The van der Waals surface area contributed by atoms with Gasteiger partial charge in [0.05, 0.1) is 6.04 Å². The molecular weight excluding hydrogens is 1210 g/mol. The molecule has 0 spiro atoms. The minimum absolute atomic E-state index is 0.0318. The maximum atomic E-state index is 14.8. The molecule has 0 saturated carbocycles. The molecule has 93 heavy (non-hydrogen) atoms. The van der Waals surface area contributed by atoms with Crippen molar-refractivity contribution in [3.05, 3.63) is 0 Å². The van der Waals surface area contributed by atoms with Crippen LogP contribution in [0, 0.1) is 23.7 Å². The Morgan fingerprint density at radius 3 is 1.24 bits per heavy atom. The van der Waals surface area contributed by atoms with Gasteiger partial charge in [0, 0.05) is 32.7 Å². The average molecular weight is 1320 g/mol. The molecule has 35 nitrogen and oxygen atoms in total. The third-order valence-electron chi connectivity index (χ3n) is 15.6. The number of guanidine groups is 4. The monoisotopic (exact) mass is 1320 g/mol. The molecule has 1 saturated heterocycles. The molecule has 1 aliphatic heterocycles. The summed E-state index contributed by atoms with van der Waals surface area (Å²) in [6, 6.07) is -13.2. The predicted molar refractivity (Wildman–Crippen MR) is 353 cm³/mol. The molecule has 11 amide bonds. The Labute approximate surface area is 545 Å². The molecule has 0 aliphatic carbocycles. The van der Waals surface area contributed by atoms with E-state index >= 15 is 0 Å². The minimum atomic E-state index is -1.33. The molecule has 13 atom stereocenters. The fourth-order valence-corrected chi connectivity index (χ4v) is 9.73. The van der Waals surface area contributed by atoms with Gasteiger partial charge in [-0.25, -0.2) is 0 Å². The second kappa shape index (κ2) is 42.4. The zero-order chi connectivity index (χ0) is 70.8. The number of amides is 11. The van der Waals surface area contributed by atoms with Crippen molar-refractivity contribution < 1.29 is 52.7 Å². The first-order valence-electron chi connectivity index (χ1n) is 31.9. The van der Waals surface area contributed by atoms with Crippen LogP contribution in [-0.4, -0.2) is 193 Å². The third-order valence-corrected chi connectivity index (χ3v) is 15.6. The summed E-state index contributed by atoms with van der Waals surface area (Å²) in [5.74, 6) is -10.4. The van der Waals surface area contributed by atoms with E-state index < -0.39 is 149 Å². The van der Waals surface area contributed by atoms with Crippen molar-refractivity contribution in [2.24, 2.45) is 101 Å². The van der Waals surface area contributed by atoms with Crippen LogP contribution in [0.3, 0.4) is 0 Å². The van der Waals surface area contributed by atoms with Crippen molar-refractivity contribution in [3.63, 3.8) is 0 Å². The van der Waals surface area contributed by atoms with Gasteiger partial charge in [0.1, 0.15) is 60.4 Å². The van der Waals surface area contributed by atoms with E-state index in [1.54, 1.807) is 41.5 Å². The van der Waals surface area contributed by atoms with Crippen LogP contribution in [0.4, 0.5) is 0 Å². The molecule has 0 radical (unpaired) electrons. The molecule has 1 heterocycles. The largest absolute Gasteiger partial charge is 0.370 e. The van der Waals surface area contributed by atoms with Crippen molar-refractivity contribution in [3.8, 4) is 0 Å². The highest BCUT2D eigenvalue weighted by atomic mass is 16.2. The van der Waals surface area contributed by atoms with Crippen molar-refractivity contribution in [1.82, 2.24) is 52.8 Å². The van der Waals surface area contributed by atoms with E-state index in [1.807, 2.05) is 13.8 Å². The van der Waals surface area contributed by atoms with E-state index in [1.165, 1.54) is 18.7 Å². The lowest BCUT2D eigenvalue weighted by atomic mass is 9.95. The Morgan fingerprint density at radius 1 is 0.430 bits per heavy atom. The molecule has 1 rings (SSSR count). The van der Waals surface area contributed by atoms with Gasteiger partial charge >= 0.3 is 0 Å². The van der Waals surface area contributed by atoms with Crippen LogP contribution in [-0.2, 0) is 52.7 Å². The minimum Gasteiger partial charge on any atom is -0.370 e. The Morgan fingerprint density at radius 2 is 0.806 bits per heavy atom. The van der Waals surface area contributed by atoms with E-state index in [2.05, 4.69) is 67.8 Å². The highest BCUT2D eigenvalue weighted by Gasteiger charge is 2.42. The van der Waals surface area contributed by atoms with Crippen molar-refractivity contribution in [1.29, 1.82) is 0 Å². The standard InChI is InChI=1S/C58H110N24O11/c1-11-31(7)42(53(92)77-38(21-16-26-72-58(67)68)48(87)79-41(30(5)6)52(91)74-34(10)45(84)75-36(44(60)83)19-14-24-70-56(63)64)80-51(90)40-22-17-27-82(40)54(93)43(32(8)12-2)81-49(88)37(20-15-25-71-57(65)66)76-46(85)33(9)73-50(89)39(28-29(3)4)78-47(86)35(59)18-13-23-69-55(61)62/h29-43H,11-28,59H2,1-10H3,(H2,60,83)(H,73,89)(H,74,91)(H,75,84)(H,76,85)(H,77,92)(H,78,86)(H,79,87)(H,80,90)(H,81,88)(H4,61,62,69)(H4,63,64,70)(H4,65,66,71)(H4,67,68,72)/t31-,32-,33-,34-,35-,36-,37-,38-,39-,40-,41-,42-,43-/m0/s1. The van der Waals surface area contributed by atoms with Gasteiger partial charge in [-0.05, 0) is 108 Å². The van der Waals surface area contributed by atoms with E-state index in [9.17, 15) is 52.7 Å². The van der Waals surface area contributed by atoms with Crippen LogP contribution in [0.15, 0.2) is 20.0 Å². The van der Waals surface area contributed by atoms with Gasteiger partial charge in [-0.15, -0.1) is 0 Å². The number of primary amides is 1. The van der Waals surface area contributed by atoms with Gasteiger partial charge < -0.3 is 110 Å². The Balaban J connectivity index is 3.48. The number of carbonyl (C=O) groups excluding carboxylic acids is 11. The van der Waals surface area contributed by atoms with Crippen molar-refractivity contribution in [2.45, 2.75) is 219 Å². The van der Waals surface area contributed by atoms with Gasteiger partial charge in [-0.1, -0.05) is 68.2 Å². The maximum Gasteiger partial charge on any atom is 0.246 e. The number of hydrogen-bond donors (Lipinski definition) is 19. The van der Waals surface area contributed by atoms with E-state index in [0.29, 0.717) is 32.1 Å². The molecule has 1 fully saturated rings. The van der Waals surface area contributed by atoms with E-state index in [4.69, 9.17) is 57.3 Å². The molecule has 29 N–H and O–H groups in total. The summed E-state index contributed by atoms with van der Waals surface area (Å²) in [7, 11) is 0. The van der Waals surface area contributed by atoms with Gasteiger partial charge in [-0.2, -0.15) is 0 Å². The summed E-state index contributed by atoms with van der Waals surface area (Å²) < 4.78 is 0. The number of rotatable bonds is 43. The van der Waals surface area contributed by atoms with Crippen molar-refractivity contribution >= 4 is 88.8 Å². The summed E-state index contributed by atoms with van der Waals surface area (Å²) in [5.41, 5.74) is 55.3. The van der Waals surface area contributed by atoms with E-state index in [-0.39, 0.29) is 114 Å². The number of carbonyl (C=O) groups is 11. The van der Waals surface area contributed by atoms with Crippen LogP contribution >= 0.6 is 0 Å². The van der Waals surface area contributed by atoms with Crippen molar-refractivity contribution in [2.75, 3.05) is 32.7 Å². The number of nitrogens with two attached hydrogens (primary N) is 10. The number of nitrogens with one attached hydrogen (secondary N) is 9. The summed E-state index contributed by atoms with van der Waals surface area (Å²) in [6.45, 7) is 17.4. The second-order valence-corrected chi connectivity index (χ2v) is 24.3. The first-order valence-corrected chi connectivity index (χ1v) is 31.9. The van der Waals surface area contributed by atoms with Crippen LogP contribution in [0.2, 0.25) is 0 Å². The summed E-state index contributed by atoms with van der Waals surface area (Å²) in [4.78, 5) is 170. The fraction of sp³-hybridized carbons (Fsp3) is 0.741. The maximum absolute atomic E-state index is 14.8. The first kappa shape index (κ1) is 82.2. The molecular formula is C58H110N24O11. The van der Waals surface area contributed by atoms with Crippen LogP contribution in [0.1, 0.15) is 153 Å². The molecule has 0 unspecified atom stereocenters.